The Bertz CT molecular complexity index is 1140. The van der Waals surface area contributed by atoms with Crippen LogP contribution in [0.5, 0.6) is 0 Å². The Morgan fingerprint density at radius 2 is 2.00 bits per heavy atom. The predicted molar refractivity (Wildman–Crippen MR) is 102 cm³/mol. The van der Waals surface area contributed by atoms with Gasteiger partial charge in [-0.3, -0.25) is 9.78 Å². The first-order valence-corrected chi connectivity index (χ1v) is 9.67. The maximum atomic E-state index is 12.8. The molecule has 0 atom stereocenters. The lowest BCUT2D eigenvalue weighted by Gasteiger charge is -2.41. The molecule has 1 saturated heterocycles. The normalized spacial score (nSPS) is 16.8. The number of hydrogen-bond acceptors (Lipinski definition) is 5. The highest BCUT2D eigenvalue weighted by Gasteiger charge is 2.36. The lowest BCUT2D eigenvalue weighted by Crippen LogP contribution is -2.48. The van der Waals surface area contributed by atoms with Gasteiger partial charge in [0.15, 0.2) is 5.65 Å². The van der Waals surface area contributed by atoms with Crippen LogP contribution in [0.25, 0.3) is 5.65 Å². The molecule has 156 valence electrons. The van der Waals surface area contributed by atoms with E-state index in [2.05, 4.69) is 15.1 Å². The molecular formula is C20H19F3N6O. The standard InChI is InChI=1S/C20H19F3N6O/c1-12-4-18-25-7-14-10-28(11-16(14)29(18)26-12)19(30)5-13-8-27(9-13)15-2-3-24-17(6-15)20(21,22)23/h2-4,6-7,13H,5,8-11H2,1H3. The molecule has 7 nitrogen and oxygen atoms in total. The lowest BCUT2D eigenvalue weighted by molar-refractivity contribution is -0.141. The van der Waals surface area contributed by atoms with E-state index in [1.807, 2.05) is 17.9 Å². The Morgan fingerprint density at radius 3 is 2.77 bits per heavy atom. The number of alkyl halides is 3. The zero-order valence-corrected chi connectivity index (χ0v) is 16.2. The van der Waals surface area contributed by atoms with E-state index in [0.717, 1.165) is 28.7 Å². The summed E-state index contributed by atoms with van der Waals surface area (Å²) in [6, 6.07) is 4.52. The van der Waals surface area contributed by atoms with Crippen molar-refractivity contribution in [2.24, 2.45) is 5.92 Å². The van der Waals surface area contributed by atoms with Crippen molar-refractivity contribution in [1.29, 1.82) is 0 Å². The van der Waals surface area contributed by atoms with Crippen molar-refractivity contribution in [3.05, 3.63) is 53.2 Å². The summed E-state index contributed by atoms with van der Waals surface area (Å²) in [6.07, 6.45) is -1.12. The second-order valence-electron chi connectivity index (χ2n) is 7.91. The van der Waals surface area contributed by atoms with Crippen LogP contribution in [0.2, 0.25) is 0 Å². The molecule has 2 aliphatic heterocycles. The number of carbonyl (C=O) groups is 1. The number of anilines is 1. The summed E-state index contributed by atoms with van der Waals surface area (Å²) in [7, 11) is 0. The number of carbonyl (C=O) groups excluding carboxylic acids is 1. The summed E-state index contributed by atoms with van der Waals surface area (Å²) >= 11 is 0. The molecule has 1 fully saturated rings. The second-order valence-corrected chi connectivity index (χ2v) is 7.91. The molecule has 0 saturated carbocycles. The van der Waals surface area contributed by atoms with Gasteiger partial charge >= 0.3 is 6.18 Å². The molecule has 0 radical (unpaired) electrons. The van der Waals surface area contributed by atoms with E-state index >= 15 is 0 Å². The minimum atomic E-state index is -4.46. The van der Waals surface area contributed by atoms with Crippen LogP contribution in [0, 0.1) is 12.8 Å². The summed E-state index contributed by atoms with van der Waals surface area (Å²) in [6.45, 7) is 4.01. The van der Waals surface area contributed by atoms with Gasteiger partial charge in [-0.05, 0) is 19.1 Å². The minimum Gasteiger partial charge on any atom is -0.371 e. The zero-order chi connectivity index (χ0) is 21.0. The average Bonchev–Trinajstić information content (AvgIpc) is 3.26. The van der Waals surface area contributed by atoms with E-state index < -0.39 is 11.9 Å². The summed E-state index contributed by atoms with van der Waals surface area (Å²) in [5.41, 5.74) is 3.20. The third-order valence-electron chi connectivity index (χ3n) is 5.67. The number of nitrogens with zero attached hydrogens (tertiary/aromatic N) is 6. The number of fused-ring (bicyclic) bond motifs is 3. The molecule has 0 unspecified atom stereocenters. The number of amides is 1. The van der Waals surface area contributed by atoms with Gasteiger partial charge in [0.25, 0.3) is 0 Å². The van der Waals surface area contributed by atoms with E-state index in [1.165, 1.54) is 6.20 Å². The third-order valence-corrected chi connectivity index (χ3v) is 5.67. The third kappa shape index (κ3) is 3.25. The summed E-state index contributed by atoms with van der Waals surface area (Å²) in [4.78, 5) is 24.2. The Balaban J connectivity index is 1.20. The Kier molecular flexibility index (Phi) is 4.19. The van der Waals surface area contributed by atoms with Crippen molar-refractivity contribution in [2.45, 2.75) is 32.6 Å². The van der Waals surface area contributed by atoms with Crippen LogP contribution in [-0.2, 0) is 24.1 Å². The molecule has 0 aromatic carbocycles. The molecule has 5 heterocycles. The van der Waals surface area contributed by atoms with Crippen molar-refractivity contribution in [3.63, 3.8) is 0 Å². The van der Waals surface area contributed by atoms with Gasteiger partial charge in [0.05, 0.1) is 17.9 Å². The molecule has 2 aliphatic rings. The van der Waals surface area contributed by atoms with Crippen LogP contribution in [0.3, 0.4) is 0 Å². The SMILES string of the molecule is Cc1cc2ncc3c(n2n1)CN(C(=O)CC1CN(c2ccnc(C(F)(F)F)c2)C1)C3. The summed E-state index contributed by atoms with van der Waals surface area (Å²) in [5.74, 6) is 0.160. The van der Waals surface area contributed by atoms with E-state index in [1.54, 1.807) is 21.7 Å². The van der Waals surface area contributed by atoms with Crippen LogP contribution in [0.4, 0.5) is 18.9 Å². The first-order chi connectivity index (χ1) is 14.3. The Morgan fingerprint density at radius 1 is 1.20 bits per heavy atom. The zero-order valence-electron chi connectivity index (χ0n) is 16.2. The Labute approximate surface area is 170 Å². The second kappa shape index (κ2) is 6.68. The van der Waals surface area contributed by atoms with Gasteiger partial charge in [-0.25, -0.2) is 9.50 Å². The number of hydrogen-bond donors (Lipinski definition) is 0. The van der Waals surface area contributed by atoms with Gasteiger partial charge in [-0.1, -0.05) is 0 Å². The quantitative estimate of drug-likeness (QED) is 0.657. The smallest absolute Gasteiger partial charge is 0.371 e. The number of pyridine rings is 1. The fourth-order valence-corrected chi connectivity index (χ4v) is 4.11. The molecule has 0 aliphatic carbocycles. The molecule has 3 aromatic heterocycles. The monoisotopic (exact) mass is 416 g/mol. The highest BCUT2D eigenvalue weighted by atomic mass is 19.4. The van der Waals surface area contributed by atoms with E-state index in [4.69, 9.17) is 0 Å². The molecule has 0 spiro atoms. The number of aromatic nitrogens is 4. The van der Waals surface area contributed by atoms with E-state index in [-0.39, 0.29) is 11.8 Å². The largest absolute Gasteiger partial charge is 0.433 e. The maximum absolute atomic E-state index is 12.8. The molecule has 10 heteroatoms. The Hall–Kier alpha value is -3.17. The van der Waals surface area contributed by atoms with Crippen molar-refractivity contribution in [3.8, 4) is 0 Å². The highest BCUT2D eigenvalue weighted by Crippen LogP contribution is 2.33. The first-order valence-electron chi connectivity index (χ1n) is 9.67. The minimum absolute atomic E-state index is 0.0404. The summed E-state index contributed by atoms with van der Waals surface area (Å²) in [5, 5.41) is 4.46. The van der Waals surface area contributed by atoms with Gasteiger partial charge in [-0.2, -0.15) is 18.3 Å². The van der Waals surface area contributed by atoms with Crippen LogP contribution in [-0.4, -0.2) is 43.5 Å². The van der Waals surface area contributed by atoms with Crippen molar-refractivity contribution >= 4 is 17.2 Å². The van der Waals surface area contributed by atoms with E-state index in [9.17, 15) is 18.0 Å². The number of rotatable bonds is 3. The van der Waals surface area contributed by atoms with Crippen molar-refractivity contribution < 1.29 is 18.0 Å². The van der Waals surface area contributed by atoms with Crippen molar-refractivity contribution in [1.82, 2.24) is 24.5 Å². The van der Waals surface area contributed by atoms with Crippen LogP contribution in [0.15, 0.2) is 30.6 Å². The fraction of sp³-hybridized carbons (Fsp3) is 0.400. The molecule has 3 aromatic rings. The molecule has 5 rings (SSSR count). The van der Waals surface area contributed by atoms with Crippen molar-refractivity contribution in [2.75, 3.05) is 18.0 Å². The molecule has 30 heavy (non-hydrogen) atoms. The molecule has 1 amide bonds. The van der Waals surface area contributed by atoms with Gasteiger partial charge in [-0.15, -0.1) is 0 Å². The maximum Gasteiger partial charge on any atom is 0.433 e. The van der Waals surface area contributed by atoms with Crippen LogP contribution >= 0.6 is 0 Å². The van der Waals surface area contributed by atoms with Gasteiger partial charge in [0.1, 0.15) is 5.69 Å². The van der Waals surface area contributed by atoms with Crippen LogP contribution in [0.1, 0.15) is 29.1 Å². The first kappa shape index (κ1) is 18.8. The van der Waals surface area contributed by atoms with Gasteiger partial charge in [0.2, 0.25) is 5.91 Å². The fourth-order valence-electron chi connectivity index (χ4n) is 4.11. The van der Waals surface area contributed by atoms with E-state index in [0.29, 0.717) is 38.3 Å². The molecule has 0 bridgehead atoms. The topological polar surface area (TPSA) is 66.6 Å². The molecule has 0 N–H and O–H groups in total. The van der Waals surface area contributed by atoms with Gasteiger partial charge < -0.3 is 9.80 Å². The number of aryl methyl sites for hydroxylation is 1. The lowest BCUT2D eigenvalue weighted by atomic mass is 9.95. The predicted octanol–water partition coefficient (Wildman–Crippen LogP) is 2.82. The molecular weight excluding hydrogens is 397 g/mol. The van der Waals surface area contributed by atoms with Crippen LogP contribution < -0.4 is 4.90 Å². The highest BCUT2D eigenvalue weighted by molar-refractivity contribution is 5.77. The number of halogens is 3. The average molecular weight is 416 g/mol. The van der Waals surface area contributed by atoms with Gasteiger partial charge in [0, 0.05) is 61.7 Å². The summed E-state index contributed by atoms with van der Waals surface area (Å²) < 4.78 is 40.3.